The number of carboxylic acids is 1. The minimum atomic E-state index is -3.56. The fraction of sp³-hybridized carbons (Fsp3) is 0.423. The summed E-state index contributed by atoms with van der Waals surface area (Å²) in [6, 6.07) is 54.4. The number of aliphatic carboxylic acids is 1. The molecule has 0 radical (unpaired) electrons. The quantitative estimate of drug-likeness (QED) is 0.0519. The van der Waals surface area contributed by atoms with E-state index in [1.54, 1.807) is 28.4 Å². The van der Waals surface area contributed by atoms with E-state index in [-0.39, 0.29) is 17.2 Å². The maximum absolute atomic E-state index is 12.5. The molecule has 4 saturated carbocycles. The van der Waals surface area contributed by atoms with E-state index >= 15 is 0 Å². The van der Waals surface area contributed by atoms with Crippen LogP contribution in [0.2, 0.25) is 0 Å². The molecule has 4 saturated heterocycles. The number of carbonyl (C=O) groups excluding carboxylic acids is 2. The van der Waals surface area contributed by atoms with Crippen molar-refractivity contribution in [3.63, 3.8) is 0 Å². The van der Waals surface area contributed by atoms with Crippen molar-refractivity contribution in [1.82, 2.24) is 69.3 Å². The summed E-state index contributed by atoms with van der Waals surface area (Å²) in [6.07, 6.45) is 11.4. The number of nitrogens with zero attached hydrogens (tertiary/aromatic N) is 15. The van der Waals surface area contributed by atoms with E-state index in [4.69, 9.17) is 57.9 Å². The number of para-hydroxylation sites is 8. The number of H-pyrrole nitrogens is 1. The van der Waals surface area contributed by atoms with E-state index in [0.717, 1.165) is 326 Å². The highest BCUT2D eigenvalue weighted by atomic mass is 32.2. The summed E-state index contributed by atoms with van der Waals surface area (Å²) in [5.41, 5.74) is 5.40. The first-order chi connectivity index (χ1) is 64.3. The minimum absolute atomic E-state index is 0.131. The van der Waals surface area contributed by atoms with Crippen LogP contribution in [0.3, 0.4) is 0 Å². The van der Waals surface area contributed by atoms with E-state index in [1.807, 2.05) is 170 Å². The lowest BCUT2D eigenvalue weighted by Gasteiger charge is -2.38. The second kappa shape index (κ2) is 38.5. The molecule has 36 heteroatoms. The van der Waals surface area contributed by atoms with E-state index in [0.29, 0.717) is 31.6 Å². The number of rotatable bonds is 21. The molecule has 12 aliphatic rings. The predicted octanol–water partition coefficient (Wildman–Crippen LogP) is 12.0. The Morgan fingerprint density at radius 3 is 0.947 bits per heavy atom. The van der Waals surface area contributed by atoms with Crippen molar-refractivity contribution >= 4 is 83.9 Å². The Morgan fingerprint density at radius 2 is 0.669 bits per heavy atom. The molecule has 0 atom stereocenters. The summed E-state index contributed by atoms with van der Waals surface area (Å²) in [5.74, 6) is 12.0. The van der Waals surface area contributed by atoms with Crippen LogP contribution < -0.4 is 47.3 Å². The van der Waals surface area contributed by atoms with E-state index < -0.39 is 42.3 Å². The molecule has 4 N–H and O–H groups in total. The molecule has 9 aromatic rings. The first-order valence-corrected chi connectivity index (χ1v) is 49.2. The Balaban J connectivity index is 0.000000119. The third kappa shape index (κ3) is 21.0. The maximum atomic E-state index is 12.5. The fourth-order valence-corrected chi connectivity index (χ4v) is 19.3. The van der Waals surface area contributed by atoms with Gasteiger partial charge in [-0.2, -0.15) is 5.21 Å². The summed E-state index contributed by atoms with van der Waals surface area (Å²) in [4.78, 5) is 75.0. The van der Waals surface area contributed by atoms with Crippen molar-refractivity contribution in [1.29, 1.82) is 0 Å². The molecule has 4 aliphatic carbocycles. The number of fused-ring (bicyclic) bond motifs is 8. The van der Waals surface area contributed by atoms with Gasteiger partial charge in [-0.05, 0) is 212 Å². The third-order valence-electron chi connectivity index (χ3n) is 27.1. The van der Waals surface area contributed by atoms with Crippen LogP contribution in [0.1, 0.15) is 98.7 Å². The Kier molecular flexibility index (Phi) is 26.3. The zero-order chi connectivity index (χ0) is 92.2. The van der Waals surface area contributed by atoms with Crippen LogP contribution in [0.4, 0.5) is 22.7 Å². The maximum Gasteiger partial charge on any atom is 0.309 e. The summed E-state index contributed by atoms with van der Waals surface area (Å²) >= 11 is 0. The molecule has 21 rings (SSSR count). The Morgan fingerprint density at radius 1 is 0.376 bits per heavy atom. The number of ether oxygens (including phenoxy) is 8. The topological polar surface area (TPSA) is 367 Å². The molecule has 0 bridgehead atoms. The molecular weight excluding hydrogens is 1740 g/mol. The van der Waals surface area contributed by atoms with Crippen LogP contribution in [0, 0.1) is 16.2 Å². The highest BCUT2D eigenvalue weighted by molar-refractivity contribution is 7.89. The van der Waals surface area contributed by atoms with Crippen LogP contribution in [0.25, 0.3) is 0 Å². The number of sulfonamides is 2. The number of benzene rings is 8. The molecule has 2 amide bonds. The Labute approximate surface area is 774 Å². The van der Waals surface area contributed by atoms with Gasteiger partial charge in [0.1, 0.15) is 92.1 Å². The van der Waals surface area contributed by atoms with Crippen LogP contribution >= 0.6 is 0 Å². The van der Waals surface area contributed by atoms with Gasteiger partial charge in [-0.25, -0.2) is 36.8 Å². The number of methoxy groups -OCH3 is 4. The largest absolute Gasteiger partial charge is 0.497 e. The Bertz CT molecular complexity index is 6190. The number of hydrogen-bond donors (Lipinski definition) is 4. The summed E-state index contributed by atoms with van der Waals surface area (Å²) in [5, 5.41) is 24.3. The summed E-state index contributed by atoms with van der Waals surface area (Å²) < 4.78 is 96.9. The molecule has 1 aromatic heterocycles. The zero-order valence-corrected chi connectivity index (χ0v) is 77.3. The molecule has 34 nitrogen and oxygen atoms in total. The van der Waals surface area contributed by atoms with Gasteiger partial charge in [0.2, 0.25) is 31.9 Å². The van der Waals surface area contributed by atoms with E-state index in [1.165, 1.54) is 0 Å². The number of aromatic amines is 1. The second-order valence-electron chi connectivity index (χ2n) is 36.0. The van der Waals surface area contributed by atoms with Crippen molar-refractivity contribution in [3.05, 3.63) is 198 Å². The monoisotopic (exact) mass is 1850 g/mol. The van der Waals surface area contributed by atoms with Crippen LogP contribution in [0.5, 0.6) is 69.0 Å². The number of aliphatic imine (C=N–C) groups is 4. The Hall–Kier alpha value is -12.7. The smallest absolute Gasteiger partial charge is 0.309 e. The summed E-state index contributed by atoms with van der Waals surface area (Å²) in [7, 11) is -0.465. The SMILES string of the molecule is COc1ccc2c(c1)C(N1CCN(CC3(C(=O)NS(C)(=O)=O)CC3)CC1)=Nc1ccccc1O2.COc1ccc2c(c1)C(N1CCN(CCC3(C(=O)NS(C)(=O)=O)CC3)CC1)=Nc1ccccc1O2.COc1ccc2c(c1)C(N1CCN(CCC3(C(=O)O)CC3)CC1)=Nc1ccccc1O2.COc1ccc2c(c1)C(N1CCN(CCC3(c4nn[nH]n4)CC3)CC1)=Nc1ccccc1O2. The number of nitrogens with one attached hydrogen (secondary N) is 3. The van der Waals surface area contributed by atoms with Gasteiger partial charge in [0.15, 0.2) is 28.8 Å². The van der Waals surface area contributed by atoms with Crippen molar-refractivity contribution < 1.29 is 74.2 Å². The first kappa shape index (κ1) is 90.8. The number of hydrogen-bond acceptors (Lipinski definition) is 30. The molecular formula is C97H112N18O16S2. The number of piperazine rings is 4. The first-order valence-electron chi connectivity index (χ1n) is 45.4. The normalized spacial score (nSPS) is 19.1. The molecule has 8 aromatic carbocycles. The van der Waals surface area contributed by atoms with Crippen LogP contribution in [0.15, 0.2) is 190 Å². The van der Waals surface area contributed by atoms with E-state index in [2.05, 4.69) is 69.3 Å². The lowest BCUT2D eigenvalue weighted by atomic mass is 10.0. The average molecular weight is 1850 g/mol. The van der Waals surface area contributed by atoms with Gasteiger partial charge in [-0.15, -0.1) is 10.2 Å². The van der Waals surface area contributed by atoms with Crippen molar-refractivity contribution in [2.45, 2.75) is 76.0 Å². The van der Waals surface area contributed by atoms with Gasteiger partial charge in [0, 0.05) is 117 Å². The number of carbonyl (C=O) groups is 3. The number of tetrazole rings is 1. The second-order valence-corrected chi connectivity index (χ2v) is 39.5. The summed E-state index contributed by atoms with van der Waals surface area (Å²) in [6.45, 7) is 16.6. The van der Waals surface area contributed by atoms with Crippen molar-refractivity contribution in [2.24, 2.45) is 36.2 Å². The lowest BCUT2D eigenvalue weighted by Crippen LogP contribution is -2.52. The molecule has 0 spiro atoms. The lowest BCUT2D eigenvalue weighted by molar-refractivity contribution is -0.143. The van der Waals surface area contributed by atoms with E-state index in [9.17, 15) is 36.3 Å². The van der Waals surface area contributed by atoms with Crippen LogP contribution in [-0.2, 0) is 39.8 Å². The van der Waals surface area contributed by atoms with Crippen molar-refractivity contribution in [3.8, 4) is 69.0 Å². The van der Waals surface area contributed by atoms with Gasteiger partial charge in [-0.1, -0.05) is 53.7 Å². The third-order valence-corrected chi connectivity index (χ3v) is 28.2. The average Bonchev–Trinajstić information content (AvgIpc) is 1.61. The molecule has 0 unspecified atom stereocenters. The van der Waals surface area contributed by atoms with Gasteiger partial charge in [0.05, 0.1) is 79.4 Å². The molecule has 8 aliphatic heterocycles. The highest BCUT2D eigenvalue weighted by Gasteiger charge is 2.54. The standard InChI is InChI=1S/C25H30N4O5S.C24H27N7O2.C24H28N4O5S.C24H27N3O4/c1-33-18-7-8-21-19(17-18)23(26-20-5-3-4-6-22(20)34-21)29-15-13-28(14-16-29)12-11-25(9-10-25)24(30)27-35(2,31)32;1-32-17-6-7-20-18(16-17)22(25-19-4-2-3-5-21(19)33-20)31-14-12-30(13-15-31)11-10-24(8-9-24)23-26-28-29-27-23;1-32-17-7-8-20-18(15-17)22(25-19-5-3-4-6-21(19)33-20)28-13-11-27(12-14-28)16-24(9-10-24)23(29)26-34(2,30)31;1-30-17-6-7-20-18(16-17)22(25-19-4-2-3-5-21(19)31-20)27-14-12-26(13-15-27)11-10-24(8-9-24)23(28)29/h3-8,17H,9-16H2,1-2H3,(H,27,30);2-7,16H,8-15H2,1H3,(H,26,27,28,29);3-8,15H,9-14,16H2,1-2H3,(H,26,29);2-7,16H,8-15H2,1H3,(H,28,29). The number of aromatic nitrogens is 4. The van der Waals surface area contributed by atoms with Gasteiger partial charge < -0.3 is 62.6 Å². The van der Waals surface area contributed by atoms with Gasteiger partial charge >= 0.3 is 5.97 Å². The predicted molar refractivity (Wildman–Crippen MR) is 502 cm³/mol. The molecule has 133 heavy (non-hydrogen) atoms. The van der Waals surface area contributed by atoms with Crippen LogP contribution in [-0.4, -0.2) is 295 Å². The number of amides is 2. The molecule has 8 fully saturated rings. The van der Waals surface area contributed by atoms with Gasteiger partial charge in [-0.3, -0.25) is 43.4 Å². The fourth-order valence-electron chi connectivity index (χ4n) is 18.2. The molecule has 9 heterocycles. The minimum Gasteiger partial charge on any atom is -0.497 e. The highest BCUT2D eigenvalue weighted by Crippen LogP contribution is 2.53. The van der Waals surface area contributed by atoms with Gasteiger partial charge in [0.25, 0.3) is 0 Å². The molecule has 698 valence electrons. The number of amidine groups is 4. The number of carboxylic acid groups (broad SMARTS) is 1. The van der Waals surface area contributed by atoms with Crippen molar-refractivity contribution in [2.75, 3.05) is 172 Å². The zero-order valence-electron chi connectivity index (χ0n) is 75.7.